The largest absolute Gasteiger partial charge is 0.350 e. The molecule has 2 rings (SSSR count). The van der Waals surface area contributed by atoms with E-state index in [0.29, 0.717) is 6.54 Å². The van der Waals surface area contributed by atoms with Crippen molar-refractivity contribution in [3.8, 4) is 0 Å². The molecule has 1 aromatic heterocycles. The van der Waals surface area contributed by atoms with Crippen molar-refractivity contribution in [3.05, 3.63) is 52.2 Å². The number of benzene rings is 1. The number of aryl methyl sites for hydroxylation is 1. The van der Waals surface area contributed by atoms with Crippen molar-refractivity contribution in [2.45, 2.75) is 13.5 Å². The minimum Gasteiger partial charge on any atom is -0.350 e. The highest BCUT2D eigenvalue weighted by Crippen LogP contribution is 2.08. The predicted molar refractivity (Wildman–Crippen MR) is 93.5 cm³/mol. The molecule has 5 nitrogen and oxygen atoms in total. The van der Waals surface area contributed by atoms with E-state index in [9.17, 15) is 9.59 Å². The molecule has 0 fully saturated rings. The lowest BCUT2D eigenvalue weighted by Crippen LogP contribution is -2.38. The molecule has 0 bridgehead atoms. The number of anilines is 1. The number of amides is 2. The molecule has 23 heavy (non-hydrogen) atoms. The Bertz CT molecular complexity index is 638. The molecule has 1 heterocycles. The van der Waals surface area contributed by atoms with Crippen LogP contribution in [0.15, 0.2) is 41.8 Å². The third kappa shape index (κ3) is 6.22. The van der Waals surface area contributed by atoms with Crippen molar-refractivity contribution in [2.75, 3.05) is 25.5 Å². The van der Waals surface area contributed by atoms with E-state index < -0.39 is 0 Å². The maximum atomic E-state index is 12.0. The minimum atomic E-state index is -0.137. The molecule has 0 saturated heterocycles. The Morgan fingerprint density at radius 3 is 2.43 bits per heavy atom. The summed E-state index contributed by atoms with van der Waals surface area (Å²) in [7, 11) is 1.75. The monoisotopic (exact) mass is 331 g/mol. The van der Waals surface area contributed by atoms with Crippen LogP contribution in [0.25, 0.3) is 0 Å². The van der Waals surface area contributed by atoms with Crippen LogP contribution in [0.1, 0.15) is 10.4 Å². The lowest BCUT2D eigenvalue weighted by Gasteiger charge is -2.16. The zero-order chi connectivity index (χ0) is 16.7. The number of hydrogen-bond acceptors (Lipinski definition) is 4. The molecule has 0 aliphatic carbocycles. The lowest BCUT2D eigenvalue weighted by molar-refractivity contribution is -0.123. The maximum absolute atomic E-state index is 12.0. The van der Waals surface area contributed by atoms with Crippen molar-refractivity contribution in [3.63, 3.8) is 0 Å². The first-order valence-electron chi connectivity index (χ1n) is 7.37. The van der Waals surface area contributed by atoms with Crippen molar-refractivity contribution >= 4 is 28.8 Å². The van der Waals surface area contributed by atoms with Crippen LogP contribution in [-0.2, 0) is 16.1 Å². The van der Waals surface area contributed by atoms with Gasteiger partial charge in [-0.15, -0.1) is 11.3 Å². The smallest absolute Gasteiger partial charge is 0.238 e. The highest BCUT2D eigenvalue weighted by Gasteiger charge is 2.11. The Morgan fingerprint density at radius 1 is 1.09 bits per heavy atom. The zero-order valence-corrected chi connectivity index (χ0v) is 14.2. The molecule has 2 amide bonds. The first-order chi connectivity index (χ1) is 11.0. The Morgan fingerprint density at radius 2 is 1.78 bits per heavy atom. The van der Waals surface area contributed by atoms with Gasteiger partial charge in [-0.2, -0.15) is 0 Å². The number of rotatable bonds is 7. The second-order valence-corrected chi connectivity index (χ2v) is 6.47. The van der Waals surface area contributed by atoms with Gasteiger partial charge in [0.1, 0.15) is 0 Å². The van der Waals surface area contributed by atoms with Crippen LogP contribution in [0.5, 0.6) is 0 Å². The molecule has 0 spiro atoms. The van der Waals surface area contributed by atoms with E-state index in [1.165, 1.54) is 0 Å². The summed E-state index contributed by atoms with van der Waals surface area (Å²) in [5.74, 6) is -0.230. The molecule has 0 aliphatic heterocycles. The lowest BCUT2D eigenvalue weighted by atomic mass is 10.2. The quantitative estimate of drug-likeness (QED) is 0.818. The Balaban J connectivity index is 1.70. The van der Waals surface area contributed by atoms with Crippen molar-refractivity contribution < 1.29 is 9.59 Å². The average molecular weight is 331 g/mol. The summed E-state index contributed by atoms with van der Waals surface area (Å²) < 4.78 is 0. The van der Waals surface area contributed by atoms with Crippen LogP contribution in [0, 0.1) is 6.92 Å². The second-order valence-electron chi connectivity index (χ2n) is 5.44. The Labute approximate surface area is 140 Å². The molecule has 0 saturated carbocycles. The molecule has 0 unspecified atom stereocenters. The van der Waals surface area contributed by atoms with Crippen LogP contribution >= 0.6 is 11.3 Å². The molecule has 0 atom stereocenters. The molecular weight excluding hydrogens is 310 g/mol. The minimum absolute atomic E-state index is 0.0935. The number of nitrogens with one attached hydrogen (secondary N) is 2. The van der Waals surface area contributed by atoms with Gasteiger partial charge >= 0.3 is 0 Å². The summed E-state index contributed by atoms with van der Waals surface area (Å²) in [5.41, 5.74) is 1.90. The molecule has 1 aromatic carbocycles. The van der Waals surface area contributed by atoms with Crippen molar-refractivity contribution in [1.82, 2.24) is 10.2 Å². The molecule has 122 valence electrons. The summed E-state index contributed by atoms with van der Waals surface area (Å²) in [6.45, 7) is 2.88. The maximum Gasteiger partial charge on any atom is 0.238 e. The summed E-state index contributed by atoms with van der Waals surface area (Å²) in [6.07, 6.45) is 0. The summed E-state index contributed by atoms with van der Waals surface area (Å²) in [4.78, 5) is 26.6. The van der Waals surface area contributed by atoms with E-state index in [1.54, 1.807) is 23.3 Å². The topological polar surface area (TPSA) is 61.4 Å². The third-order valence-corrected chi connectivity index (χ3v) is 4.08. The van der Waals surface area contributed by atoms with Gasteiger partial charge in [0.05, 0.1) is 19.6 Å². The number of carbonyl (C=O) groups excluding carboxylic acids is 2. The van der Waals surface area contributed by atoms with E-state index in [4.69, 9.17) is 0 Å². The third-order valence-electron chi connectivity index (χ3n) is 3.20. The van der Waals surface area contributed by atoms with Gasteiger partial charge in [-0.05, 0) is 37.6 Å². The normalized spacial score (nSPS) is 10.6. The SMILES string of the molecule is Cc1ccc(NC(=O)CN(C)CC(=O)NCc2cccs2)cc1. The molecule has 0 aliphatic rings. The first-order valence-corrected chi connectivity index (χ1v) is 8.25. The van der Waals surface area contributed by atoms with Gasteiger partial charge < -0.3 is 10.6 Å². The second kappa shape index (κ2) is 8.45. The number of nitrogens with zero attached hydrogens (tertiary/aromatic N) is 1. The first kappa shape index (κ1) is 17.2. The van der Waals surface area contributed by atoms with E-state index >= 15 is 0 Å². The molecule has 2 aromatic rings. The summed E-state index contributed by atoms with van der Waals surface area (Å²) in [6, 6.07) is 11.5. The number of hydrogen-bond donors (Lipinski definition) is 2. The van der Waals surface area contributed by atoms with Crippen LogP contribution in [0.4, 0.5) is 5.69 Å². The number of likely N-dealkylation sites (N-methyl/N-ethyl adjacent to an activating group) is 1. The van der Waals surface area contributed by atoms with Crippen LogP contribution < -0.4 is 10.6 Å². The zero-order valence-electron chi connectivity index (χ0n) is 13.3. The van der Waals surface area contributed by atoms with E-state index in [-0.39, 0.29) is 24.9 Å². The highest BCUT2D eigenvalue weighted by atomic mass is 32.1. The highest BCUT2D eigenvalue weighted by molar-refractivity contribution is 7.09. The van der Waals surface area contributed by atoms with Gasteiger partial charge in [0.2, 0.25) is 11.8 Å². The predicted octanol–water partition coefficient (Wildman–Crippen LogP) is 2.24. The molecular formula is C17H21N3O2S. The van der Waals surface area contributed by atoms with Gasteiger partial charge in [0, 0.05) is 10.6 Å². The Hall–Kier alpha value is -2.18. The average Bonchev–Trinajstić information content (AvgIpc) is 3.00. The van der Waals surface area contributed by atoms with E-state index in [2.05, 4.69) is 10.6 Å². The summed E-state index contributed by atoms with van der Waals surface area (Å²) in [5, 5.41) is 7.64. The molecule has 0 radical (unpaired) electrons. The molecule has 6 heteroatoms. The van der Waals surface area contributed by atoms with E-state index in [1.807, 2.05) is 48.7 Å². The fraction of sp³-hybridized carbons (Fsp3) is 0.294. The fourth-order valence-electron chi connectivity index (χ4n) is 2.04. The van der Waals surface area contributed by atoms with Gasteiger partial charge in [-0.25, -0.2) is 0 Å². The van der Waals surface area contributed by atoms with Gasteiger partial charge in [0.25, 0.3) is 0 Å². The summed E-state index contributed by atoms with van der Waals surface area (Å²) >= 11 is 1.60. The number of thiophene rings is 1. The van der Waals surface area contributed by atoms with Crippen LogP contribution in [-0.4, -0.2) is 36.9 Å². The van der Waals surface area contributed by atoms with Crippen LogP contribution in [0.3, 0.4) is 0 Å². The van der Waals surface area contributed by atoms with Crippen molar-refractivity contribution in [1.29, 1.82) is 0 Å². The van der Waals surface area contributed by atoms with Gasteiger partial charge in [-0.1, -0.05) is 23.8 Å². The Kier molecular flexibility index (Phi) is 6.31. The van der Waals surface area contributed by atoms with Crippen molar-refractivity contribution in [2.24, 2.45) is 0 Å². The van der Waals surface area contributed by atoms with Gasteiger partial charge in [0.15, 0.2) is 0 Å². The molecule has 2 N–H and O–H groups in total. The van der Waals surface area contributed by atoms with E-state index in [0.717, 1.165) is 16.1 Å². The van der Waals surface area contributed by atoms with Crippen LogP contribution in [0.2, 0.25) is 0 Å². The standard InChI is InChI=1S/C17H21N3O2S/c1-13-5-7-14(8-6-13)19-17(22)12-20(2)11-16(21)18-10-15-4-3-9-23-15/h3-9H,10-12H2,1-2H3,(H,18,21)(H,19,22). The van der Waals surface area contributed by atoms with Gasteiger partial charge in [-0.3, -0.25) is 14.5 Å². The number of carbonyl (C=O) groups is 2. The fourth-order valence-corrected chi connectivity index (χ4v) is 2.68.